The van der Waals surface area contributed by atoms with Gasteiger partial charge in [-0.1, -0.05) is 6.07 Å². The van der Waals surface area contributed by atoms with Crippen molar-refractivity contribution in [2.45, 2.75) is 13.0 Å². The van der Waals surface area contributed by atoms with Crippen molar-refractivity contribution in [3.8, 4) is 34.4 Å². The number of ether oxygens (including phenoxy) is 4. The number of carbonyl (C=O) groups is 1. The number of amides is 1. The Labute approximate surface area is 218 Å². The van der Waals surface area contributed by atoms with Gasteiger partial charge in [0.05, 0.1) is 31.7 Å². The van der Waals surface area contributed by atoms with Gasteiger partial charge in [0.2, 0.25) is 12.7 Å². The number of nitrogens with one attached hydrogen (secondary N) is 2. The second kappa shape index (κ2) is 9.43. The van der Waals surface area contributed by atoms with Gasteiger partial charge >= 0.3 is 0 Å². The van der Waals surface area contributed by atoms with E-state index < -0.39 is 6.04 Å². The molecule has 0 aliphatic carbocycles. The molecule has 0 saturated heterocycles. The number of hydrogen-bond donors (Lipinski definition) is 2. The predicted octanol–water partition coefficient (Wildman–Crippen LogP) is 4.01. The Morgan fingerprint density at radius 2 is 1.92 bits per heavy atom. The largest absolute Gasteiger partial charge is 0.493 e. The molecule has 38 heavy (non-hydrogen) atoms. The van der Waals surface area contributed by atoms with Crippen molar-refractivity contribution in [2.75, 3.05) is 31.6 Å². The van der Waals surface area contributed by atoms with Crippen LogP contribution in [0.1, 0.15) is 18.5 Å². The number of methoxy groups -OCH3 is 2. The lowest BCUT2D eigenvalue weighted by molar-refractivity contribution is -0.113. The fourth-order valence-corrected chi connectivity index (χ4v) is 4.57. The van der Waals surface area contributed by atoms with Gasteiger partial charge in [0, 0.05) is 17.5 Å². The number of hydrogen-bond acceptors (Lipinski definition) is 9. The molecule has 2 N–H and O–H groups in total. The van der Waals surface area contributed by atoms with Crippen LogP contribution < -0.4 is 29.6 Å². The standard InChI is InChI=1S/C27H24N6O5/c1-15-23(26(34)30-18-5-4-10-28-13-18)24(16-6-9-20-22(11-16)38-14-37-20)33-27(29-15)31-25(32-33)17-7-8-19(35-2)21(12-17)36-3/h4-13,24H,14H2,1-3H3,(H,30,34)(H,29,31,32). The van der Waals surface area contributed by atoms with Gasteiger partial charge in [-0.05, 0) is 55.0 Å². The Morgan fingerprint density at radius 3 is 2.71 bits per heavy atom. The van der Waals surface area contributed by atoms with Gasteiger partial charge in [0.25, 0.3) is 5.91 Å². The Hall–Kier alpha value is -5.06. The maximum Gasteiger partial charge on any atom is 0.255 e. The average molecular weight is 513 g/mol. The van der Waals surface area contributed by atoms with Crippen molar-refractivity contribution >= 4 is 17.5 Å². The number of fused-ring (bicyclic) bond motifs is 2. The Kier molecular flexibility index (Phi) is 5.79. The molecule has 2 aliphatic rings. The molecular weight excluding hydrogens is 488 g/mol. The van der Waals surface area contributed by atoms with Crippen LogP contribution in [0.2, 0.25) is 0 Å². The summed E-state index contributed by atoms with van der Waals surface area (Å²) in [6.45, 7) is 1.98. The summed E-state index contributed by atoms with van der Waals surface area (Å²) < 4.78 is 23.6. The minimum Gasteiger partial charge on any atom is -0.493 e. The number of benzene rings is 2. The van der Waals surface area contributed by atoms with E-state index in [0.717, 1.165) is 11.1 Å². The molecule has 0 saturated carbocycles. The SMILES string of the molecule is COc1ccc(-c2nc3n(n2)C(c2ccc4c(c2)OCO4)C(C(=O)Nc2cccnc2)=C(C)N3)cc1OC. The number of pyridine rings is 1. The molecule has 11 nitrogen and oxygen atoms in total. The van der Waals surface area contributed by atoms with Gasteiger partial charge < -0.3 is 29.6 Å². The minimum absolute atomic E-state index is 0.145. The summed E-state index contributed by atoms with van der Waals surface area (Å²) in [5, 5.41) is 11.0. The zero-order valence-corrected chi connectivity index (χ0v) is 20.9. The third kappa shape index (κ3) is 4.03. The van der Waals surface area contributed by atoms with Crippen molar-refractivity contribution < 1.29 is 23.7 Å². The van der Waals surface area contributed by atoms with E-state index in [2.05, 4.69) is 15.6 Å². The van der Waals surface area contributed by atoms with Crippen molar-refractivity contribution in [3.63, 3.8) is 0 Å². The highest BCUT2D eigenvalue weighted by Gasteiger charge is 2.35. The van der Waals surface area contributed by atoms with E-state index in [1.807, 2.05) is 37.3 Å². The van der Waals surface area contributed by atoms with Crippen LogP contribution in [-0.4, -0.2) is 46.7 Å². The van der Waals surface area contributed by atoms with E-state index in [4.69, 9.17) is 29.0 Å². The summed E-state index contributed by atoms with van der Waals surface area (Å²) in [5.74, 6) is 3.07. The van der Waals surface area contributed by atoms with Crippen LogP contribution in [0.5, 0.6) is 23.0 Å². The third-order valence-electron chi connectivity index (χ3n) is 6.37. The maximum atomic E-state index is 13.7. The van der Waals surface area contributed by atoms with Crippen molar-refractivity contribution in [2.24, 2.45) is 0 Å². The van der Waals surface area contributed by atoms with E-state index in [0.29, 0.717) is 51.7 Å². The predicted molar refractivity (Wildman–Crippen MR) is 138 cm³/mol. The van der Waals surface area contributed by atoms with Gasteiger partial charge in [0.15, 0.2) is 28.8 Å². The summed E-state index contributed by atoms with van der Waals surface area (Å²) in [6, 6.07) is 14.0. The fraction of sp³-hybridized carbons (Fsp3) is 0.185. The number of rotatable bonds is 6. The number of allylic oxidation sites excluding steroid dienone is 1. The van der Waals surface area contributed by atoms with Gasteiger partial charge in [-0.2, -0.15) is 4.98 Å². The van der Waals surface area contributed by atoms with Crippen LogP contribution in [0.4, 0.5) is 11.6 Å². The molecule has 4 aromatic rings. The second-order valence-corrected chi connectivity index (χ2v) is 8.65. The molecule has 1 unspecified atom stereocenters. The Morgan fingerprint density at radius 1 is 1.08 bits per heavy atom. The molecule has 2 aliphatic heterocycles. The Balaban J connectivity index is 1.45. The molecule has 4 heterocycles. The van der Waals surface area contributed by atoms with Crippen molar-refractivity contribution in [1.29, 1.82) is 0 Å². The van der Waals surface area contributed by atoms with E-state index in [1.165, 1.54) is 0 Å². The minimum atomic E-state index is -0.598. The van der Waals surface area contributed by atoms with Crippen LogP contribution in [-0.2, 0) is 4.79 Å². The highest BCUT2D eigenvalue weighted by molar-refractivity contribution is 6.06. The first kappa shape index (κ1) is 23.3. The fourth-order valence-electron chi connectivity index (χ4n) is 4.57. The summed E-state index contributed by atoms with van der Waals surface area (Å²) in [6.07, 6.45) is 3.24. The lowest BCUT2D eigenvalue weighted by Crippen LogP contribution is -2.31. The first-order chi connectivity index (χ1) is 18.6. The molecule has 1 amide bonds. The first-order valence-electron chi connectivity index (χ1n) is 11.8. The zero-order valence-electron chi connectivity index (χ0n) is 20.9. The molecular formula is C27H24N6O5. The van der Waals surface area contributed by atoms with Gasteiger partial charge in [-0.25, -0.2) is 4.68 Å². The van der Waals surface area contributed by atoms with Gasteiger partial charge in [-0.3, -0.25) is 9.78 Å². The highest BCUT2D eigenvalue weighted by atomic mass is 16.7. The lowest BCUT2D eigenvalue weighted by atomic mass is 9.94. The molecule has 2 aromatic carbocycles. The molecule has 2 aromatic heterocycles. The molecule has 0 fully saturated rings. The summed E-state index contributed by atoms with van der Waals surface area (Å²) >= 11 is 0. The number of anilines is 2. The molecule has 0 bridgehead atoms. The zero-order chi connectivity index (χ0) is 26.2. The highest BCUT2D eigenvalue weighted by Crippen LogP contribution is 2.41. The van der Waals surface area contributed by atoms with Gasteiger partial charge in [-0.15, -0.1) is 5.10 Å². The smallest absolute Gasteiger partial charge is 0.255 e. The van der Waals surface area contributed by atoms with Gasteiger partial charge in [0.1, 0.15) is 6.04 Å². The van der Waals surface area contributed by atoms with E-state index in [-0.39, 0.29) is 12.7 Å². The quantitative estimate of drug-likeness (QED) is 0.395. The third-order valence-corrected chi connectivity index (χ3v) is 6.37. The van der Waals surface area contributed by atoms with E-state index in [1.54, 1.807) is 49.5 Å². The molecule has 6 rings (SSSR count). The monoisotopic (exact) mass is 512 g/mol. The average Bonchev–Trinajstić information content (AvgIpc) is 3.59. The second-order valence-electron chi connectivity index (χ2n) is 8.65. The Bertz CT molecular complexity index is 1570. The van der Waals surface area contributed by atoms with E-state index in [9.17, 15) is 4.79 Å². The molecule has 1 atom stereocenters. The lowest BCUT2D eigenvalue weighted by Gasteiger charge is -2.28. The van der Waals surface area contributed by atoms with Crippen LogP contribution >= 0.6 is 0 Å². The molecule has 11 heteroatoms. The summed E-state index contributed by atoms with van der Waals surface area (Å²) in [4.78, 5) is 22.5. The van der Waals surface area contributed by atoms with E-state index >= 15 is 0 Å². The summed E-state index contributed by atoms with van der Waals surface area (Å²) in [7, 11) is 3.16. The van der Waals surface area contributed by atoms with Crippen LogP contribution in [0, 0.1) is 0 Å². The van der Waals surface area contributed by atoms with Crippen LogP contribution in [0.3, 0.4) is 0 Å². The topological polar surface area (TPSA) is 122 Å². The molecule has 192 valence electrons. The van der Waals surface area contributed by atoms with Crippen LogP contribution in [0.25, 0.3) is 11.4 Å². The number of carbonyl (C=O) groups excluding carboxylic acids is 1. The van der Waals surface area contributed by atoms with Crippen LogP contribution in [0.15, 0.2) is 72.2 Å². The molecule has 0 spiro atoms. The van der Waals surface area contributed by atoms with Crippen molar-refractivity contribution in [3.05, 3.63) is 77.8 Å². The number of aromatic nitrogens is 4. The maximum absolute atomic E-state index is 13.7. The number of nitrogens with zero attached hydrogens (tertiary/aromatic N) is 4. The molecule has 0 radical (unpaired) electrons. The van der Waals surface area contributed by atoms with Crippen molar-refractivity contribution in [1.82, 2.24) is 19.7 Å². The first-order valence-corrected chi connectivity index (χ1v) is 11.8. The normalized spacial score (nSPS) is 15.5. The summed E-state index contributed by atoms with van der Waals surface area (Å²) in [5.41, 5.74) is 3.22.